The molecule has 1 aromatic heterocycles. The summed E-state index contributed by atoms with van der Waals surface area (Å²) in [7, 11) is 1.69. The van der Waals surface area contributed by atoms with Gasteiger partial charge in [-0.05, 0) is 41.5 Å². The average Bonchev–Trinajstić information content (AvgIpc) is 3.05. The minimum absolute atomic E-state index is 0.278. The maximum absolute atomic E-state index is 5.26. The second kappa shape index (κ2) is 5.97. The number of imidazole rings is 1. The average molecular weight is 281 g/mol. The van der Waals surface area contributed by atoms with Crippen molar-refractivity contribution in [3.63, 3.8) is 0 Å². The summed E-state index contributed by atoms with van der Waals surface area (Å²) in [5.74, 6) is 0.890. The summed E-state index contributed by atoms with van der Waals surface area (Å²) >= 11 is 0. The molecule has 0 aliphatic carbocycles. The van der Waals surface area contributed by atoms with Crippen LogP contribution in [0, 0.1) is 0 Å². The van der Waals surface area contributed by atoms with E-state index in [0.29, 0.717) is 0 Å². The second-order valence-corrected chi connectivity index (χ2v) is 5.15. The summed E-state index contributed by atoms with van der Waals surface area (Å²) in [4.78, 5) is 7.12. The van der Waals surface area contributed by atoms with Gasteiger partial charge in [0, 0.05) is 24.5 Å². The van der Waals surface area contributed by atoms with E-state index in [4.69, 9.17) is 4.74 Å². The molecule has 108 valence electrons. The number of hydrogen-bond donors (Lipinski definition) is 2. The molecular formula is C17H19N3O. The Morgan fingerprint density at radius 1 is 1.19 bits per heavy atom. The maximum atomic E-state index is 5.26. The largest absolute Gasteiger partial charge is 0.497 e. The van der Waals surface area contributed by atoms with Crippen LogP contribution in [0.2, 0.25) is 0 Å². The zero-order valence-electron chi connectivity index (χ0n) is 12.3. The van der Waals surface area contributed by atoms with Gasteiger partial charge in [-0.2, -0.15) is 0 Å². The molecular weight excluding hydrogens is 262 g/mol. The monoisotopic (exact) mass is 281 g/mol. The van der Waals surface area contributed by atoms with E-state index < -0.39 is 0 Å². The lowest BCUT2D eigenvalue weighted by Gasteiger charge is -2.14. The minimum atomic E-state index is 0.278. The van der Waals surface area contributed by atoms with Crippen LogP contribution in [0.15, 0.2) is 48.9 Å². The Labute approximate surface area is 124 Å². The molecule has 21 heavy (non-hydrogen) atoms. The molecule has 0 bridgehead atoms. The molecule has 2 aromatic carbocycles. The van der Waals surface area contributed by atoms with E-state index in [9.17, 15) is 0 Å². The third kappa shape index (κ3) is 3.06. The van der Waals surface area contributed by atoms with Crippen molar-refractivity contribution in [3.8, 4) is 5.75 Å². The zero-order chi connectivity index (χ0) is 14.7. The lowest BCUT2D eigenvalue weighted by Crippen LogP contribution is -2.18. The second-order valence-electron chi connectivity index (χ2n) is 5.15. The first kappa shape index (κ1) is 13.6. The number of H-pyrrole nitrogens is 1. The number of aromatic nitrogens is 2. The summed E-state index contributed by atoms with van der Waals surface area (Å²) in [6.07, 6.45) is 3.54. The molecule has 0 fully saturated rings. The van der Waals surface area contributed by atoms with Crippen LogP contribution in [0.25, 0.3) is 10.8 Å². The number of benzene rings is 2. The summed E-state index contributed by atoms with van der Waals surface area (Å²) in [5.41, 5.74) is 2.36. The number of hydrogen-bond acceptors (Lipinski definition) is 3. The number of nitrogens with one attached hydrogen (secondary N) is 2. The molecule has 3 aromatic rings. The summed E-state index contributed by atoms with van der Waals surface area (Å²) in [6, 6.07) is 12.9. The van der Waals surface area contributed by atoms with E-state index in [1.54, 1.807) is 13.4 Å². The molecule has 0 amide bonds. The Kier molecular flexibility index (Phi) is 3.88. The standard InChI is InChI=1S/C17H19N3O/c1-12(19-10-16-9-18-11-20-16)13-3-4-15-8-17(21-2)6-5-14(15)7-13/h3-9,11-12,19H,10H2,1-2H3,(H,18,20). The van der Waals surface area contributed by atoms with Crippen molar-refractivity contribution >= 4 is 10.8 Å². The first-order valence-corrected chi connectivity index (χ1v) is 7.04. The number of methoxy groups -OCH3 is 1. The third-order valence-electron chi connectivity index (χ3n) is 3.73. The van der Waals surface area contributed by atoms with E-state index in [2.05, 4.69) is 52.5 Å². The molecule has 0 saturated heterocycles. The molecule has 0 saturated carbocycles. The van der Waals surface area contributed by atoms with Crippen molar-refractivity contribution in [2.75, 3.05) is 7.11 Å². The third-order valence-corrected chi connectivity index (χ3v) is 3.73. The number of fused-ring (bicyclic) bond motifs is 1. The highest BCUT2D eigenvalue weighted by Crippen LogP contribution is 2.24. The number of nitrogens with zero attached hydrogens (tertiary/aromatic N) is 1. The first-order valence-electron chi connectivity index (χ1n) is 7.04. The quantitative estimate of drug-likeness (QED) is 0.753. The van der Waals surface area contributed by atoms with Crippen LogP contribution in [-0.2, 0) is 6.54 Å². The van der Waals surface area contributed by atoms with E-state index in [0.717, 1.165) is 18.0 Å². The predicted molar refractivity (Wildman–Crippen MR) is 84.3 cm³/mol. The molecule has 4 nitrogen and oxygen atoms in total. The molecule has 0 aliphatic heterocycles. The lowest BCUT2D eigenvalue weighted by molar-refractivity contribution is 0.415. The summed E-state index contributed by atoms with van der Waals surface area (Å²) in [6.45, 7) is 2.95. The van der Waals surface area contributed by atoms with Gasteiger partial charge in [0.05, 0.1) is 13.4 Å². The highest BCUT2D eigenvalue weighted by Gasteiger charge is 2.06. The van der Waals surface area contributed by atoms with Gasteiger partial charge in [0.15, 0.2) is 0 Å². The van der Waals surface area contributed by atoms with Gasteiger partial charge in [-0.1, -0.05) is 18.2 Å². The molecule has 0 radical (unpaired) electrons. The Morgan fingerprint density at radius 3 is 2.76 bits per heavy atom. The molecule has 0 aliphatic rings. The fourth-order valence-corrected chi connectivity index (χ4v) is 2.40. The van der Waals surface area contributed by atoms with Crippen molar-refractivity contribution in [1.29, 1.82) is 0 Å². The van der Waals surface area contributed by atoms with Crippen LogP contribution in [0.5, 0.6) is 5.75 Å². The topological polar surface area (TPSA) is 49.9 Å². The SMILES string of the molecule is COc1ccc2cc(C(C)NCc3cnc[nH]3)ccc2c1. The molecule has 1 atom stereocenters. The Morgan fingerprint density at radius 2 is 2.00 bits per heavy atom. The summed E-state index contributed by atoms with van der Waals surface area (Å²) < 4.78 is 5.26. The van der Waals surface area contributed by atoms with Gasteiger partial charge >= 0.3 is 0 Å². The highest BCUT2D eigenvalue weighted by molar-refractivity contribution is 5.84. The van der Waals surface area contributed by atoms with Crippen LogP contribution >= 0.6 is 0 Å². The van der Waals surface area contributed by atoms with Gasteiger partial charge in [-0.15, -0.1) is 0 Å². The number of aromatic amines is 1. The number of ether oxygens (including phenoxy) is 1. The normalized spacial score (nSPS) is 12.5. The van der Waals surface area contributed by atoms with Crippen LogP contribution in [0.3, 0.4) is 0 Å². The van der Waals surface area contributed by atoms with Crippen molar-refractivity contribution in [2.24, 2.45) is 0 Å². The van der Waals surface area contributed by atoms with Gasteiger partial charge in [0.1, 0.15) is 5.75 Å². The first-order chi connectivity index (χ1) is 10.3. The fraction of sp³-hybridized carbons (Fsp3) is 0.235. The summed E-state index contributed by atoms with van der Waals surface area (Å²) in [5, 5.41) is 5.91. The predicted octanol–water partition coefficient (Wildman–Crippen LogP) is 3.42. The van der Waals surface area contributed by atoms with E-state index >= 15 is 0 Å². The van der Waals surface area contributed by atoms with Crippen LogP contribution < -0.4 is 10.1 Å². The van der Waals surface area contributed by atoms with Crippen molar-refractivity contribution in [2.45, 2.75) is 19.5 Å². The Balaban J connectivity index is 1.76. The zero-order valence-corrected chi connectivity index (χ0v) is 12.3. The van der Waals surface area contributed by atoms with Gasteiger partial charge in [0.2, 0.25) is 0 Å². The van der Waals surface area contributed by atoms with Crippen LogP contribution in [-0.4, -0.2) is 17.1 Å². The van der Waals surface area contributed by atoms with Crippen molar-refractivity contribution in [3.05, 3.63) is 60.2 Å². The van der Waals surface area contributed by atoms with Crippen LogP contribution in [0.1, 0.15) is 24.2 Å². The smallest absolute Gasteiger partial charge is 0.119 e. The van der Waals surface area contributed by atoms with Gasteiger partial charge in [-0.3, -0.25) is 0 Å². The molecule has 2 N–H and O–H groups in total. The van der Waals surface area contributed by atoms with Gasteiger partial charge in [-0.25, -0.2) is 4.98 Å². The molecule has 4 heteroatoms. The number of rotatable bonds is 5. The lowest BCUT2D eigenvalue weighted by atomic mass is 10.0. The van der Waals surface area contributed by atoms with Crippen molar-refractivity contribution < 1.29 is 4.74 Å². The molecule has 1 unspecified atom stereocenters. The molecule has 3 rings (SSSR count). The Bertz CT molecular complexity index is 722. The molecule has 0 spiro atoms. The maximum Gasteiger partial charge on any atom is 0.119 e. The Hall–Kier alpha value is -2.33. The van der Waals surface area contributed by atoms with Crippen molar-refractivity contribution in [1.82, 2.24) is 15.3 Å². The minimum Gasteiger partial charge on any atom is -0.497 e. The highest BCUT2D eigenvalue weighted by atomic mass is 16.5. The van der Waals surface area contributed by atoms with Gasteiger partial charge in [0.25, 0.3) is 0 Å². The van der Waals surface area contributed by atoms with Crippen LogP contribution in [0.4, 0.5) is 0 Å². The fourth-order valence-electron chi connectivity index (χ4n) is 2.40. The van der Waals surface area contributed by atoms with E-state index in [1.807, 2.05) is 12.3 Å². The van der Waals surface area contributed by atoms with E-state index in [-0.39, 0.29) is 6.04 Å². The van der Waals surface area contributed by atoms with Gasteiger partial charge < -0.3 is 15.0 Å². The molecule has 1 heterocycles. The van der Waals surface area contributed by atoms with E-state index in [1.165, 1.54) is 16.3 Å².